The lowest BCUT2D eigenvalue weighted by Gasteiger charge is -2.37. The number of fused-ring (bicyclic) bond motifs is 1. The van der Waals surface area contributed by atoms with Crippen molar-refractivity contribution in [3.8, 4) is 5.75 Å². The van der Waals surface area contributed by atoms with E-state index in [9.17, 15) is 23.2 Å². The molecule has 0 aromatic heterocycles. The molecule has 4 aliphatic rings. The molecule has 1 aromatic carbocycles. The molecule has 1 aromatic rings. The third kappa shape index (κ3) is 4.80. The fourth-order valence-corrected chi connectivity index (χ4v) is 5.74. The molecule has 1 unspecified atom stereocenters. The van der Waals surface area contributed by atoms with Gasteiger partial charge >= 0.3 is 0 Å². The summed E-state index contributed by atoms with van der Waals surface area (Å²) >= 11 is 0. The van der Waals surface area contributed by atoms with E-state index in [4.69, 9.17) is 4.74 Å². The zero-order valence-corrected chi connectivity index (χ0v) is 19.2. The first-order chi connectivity index (χ1) is 16.3. The highest BCUT2D eigenvalue weighted by Gasteiger charge is 2.40. The summed E-state index contributed by atoms with van der Waals surface area (Å²) in [6, 6.07) is 4.96. The molecule has 34 heavy (non-hydrogen) atoms. The number of ether oxygens (including phenoxy) is 1. The van der Waals surface area contributed by atoms with Crippen LogP contribution in [0.3, 0.4) is 0 Å². The highest BCUT2D eigenvalue weighted by atomic mass is 19.3. The van der Waals surface area contributed by atoms with Gasteiger partial charge in [-0.2, -0.15) is 0 Å². The maximum atomic E-state index is 13.5. The van der Waals surface area contributed by atoms with Gasteiger partial charge in [0.1, 0.15) is 17.9 Å². The fourth-order valence-electron chi connectivity index (χ4n) is 5.74. The number of alkyl halides is 2. The van der Waals surface area contributed by atoms with Gasteiger partial charge in [0, 0.05) is 43.5 Å². The van der Waals surface area contributed by atoms with E-state index in [-0.39, 0.29) is 49.3 Å². The quantitative estimate of drug-likeness (QED) is 0.638. The summed E-state index contributed by atoms with van der Waals surface area (Å²) in [5, 5.41) is 5.91. The van der Waals surface area contributed by atoms with Crippen LogP contribution in [0.4, 0.5) is 8.78 Å². The molecule has 2 aliphatic heterocycles. The third-order valence-electron chi connectivity index (χ3n) is 7.65. The molecule has 1 saturated heterocycles. The highest BCUT2D eigenvalue weighted by molar-refractivity contribution is 6.05. The summed E-state index contributed by atoms with van der Waals surface area (Å²) in [4.78, 5) is 38.1. The number of nitrogens with one attached hydrogen (secondary N) is 2. The van der Waals surface area contributed by atoms with Crippen LogP contribution in [0.2, 0.25) is 0 Å². The van der Waals surface area contributed by atoms with Gasteiger partial charge in [-0.25, -0.2) is 8.78 Å². The Morgan fingerprint density at radius 3 is 2.56 bits per heavy atom. The number of amides is 3. The van der Waals surface area contributed by atoms with E-state index in [1.54, 1.807) is 12.1 Å². The van der Waals surface area contributed by atoms with Gasteiger partial charge in [0.05, 0.1) is 0 Å². The molecule has 0 bridgehead atoms. The van der Waals surface area contributed by atoms with Crippen LogP contribution in [-0.4, -0.2) is 52.8 Å². The van der Waals surface area contributed by atoms with E-state index in [2.05, 4.69) is 10.6 Å². The number of nitrogens with zero attached hydrogens (tertiary/aromatic N) is 1. The van der Waals surface area contributed by atoms with Crippen molar-refractivity contribution in [1.82, 2.24) is 15.5 Å². The smallest absolute Gasteiger partial charge is 0.255 e. The topological polar surface area (TPSA) is 87.7 Å². The molecule has 3 amide bonds. The fraction of sp³-hybridized carbons (Fsp3) is 0.640. The minimum Gasteiger partial charge on any atom is -0.489 e. The number of carbonyl (C=O) groups is 3. The monoisotopic (exact) mass is 475 g/mol. The highest BCUT2D eigenvalue weighted by Crippen LogP contribution is 2.35. The molecule has 0 radical (unpaired) electrons. The molecule has 184 valence electrons. The largest absolute Gasteiger partial charge is 0.489 e. The van der Waals surface area contributed by atoms with Crippen molar-refractivity contribution in [3.05, 3.63) is 29.3 Å². The molecule has 2 N–H and O–H groups in total. The number of halogens is 2. The second-order valence-corrected chi connectivity index (χ2v) is 10.1. The van der Waals surface area contributed by atoms with Crippen LogP contribution in [0.15, 0.2) is 18.2 Å². The average Bonchev–Trinajstić information content (AvgIpc) is 3.12. The third-order valence-corrected chi connectivity index (χ3v) is 7.65. The lowest BCUT2D eigenvalue weighted by Crippen LogP contribution is -2.52. The van der Waals surface area contributed by atoms with Gasteiger partial charge in [0.25, 0.3) is 5.91 Å². The number of carbonyl (C=O) groups excluding carboxylic acids is 3. The number of rotatable bonds is 5. The molecule has 0 spiro atoms. The number of hydrogen-bond donors (Lipinski definition) is 2. The summed E-state index contributed by atoms with van der Waals surface area (Å²) in [6.45, 7) is 0.306. The summed E-state index contributed by atoms with van der Waals surface area (Å²) < 4.78 is 33.4. The maximum Gasteiger partial charge on any atom is 0.255 e. The minimum absolute atomic E-state index is 0.0578. The number of imide groups is 1. The first-order valence-electron chi connectivity index (χ1n) is 12.4. The van der Waals surface area contributed by atoms with E-state index in [1.807, 2.05) is 6.07 Å². The number of benzene rings is 1. The van der Waals surface area contributed by atoms with Crippen molar-refractivity contribution >= 4 is 17.7 Å². The Hall–Kier alpha value is -2.55. The van der Waals surface area contributed by atoms with E-state index >= 15 is 0 Å². The van der Waals surface area contributed by atoms with Crippen molar-refractivity contribution in [3.63, 3.8) is 0 Å². The van der Waals surface area contributed by atoms with Gasteiger partial charge in [-0.05, 0) is 62.3 Å². The second-order valence-electron chi connectivity index (χ2n) is 10.1. The SMILES string of the molecule is O=C1CCC(N2Cc3cc(O[C@H]4CCCC[C@@H]4NC4CCC(F)(F)CC4)ccc3C2=O)C(=O)N1. The molecule has 2 saturated carbocycles. The maximum absolute atomic E-state index is 13.5. The second kappa shape index (κ2) is 9.24. The van der Waals surface area contributed by atoms with Crippen molar-refractivity contribution in [2.24, 2.45) is 0 Å². The number of hydrogen-bond acceptors (Lipinski definition) is 5. The van der Waals surface area contributed by atoms with Crippen molar-refractivity contribution < 1.29 is 27.9 Å². The van der Waals surface area contributed by atoms with Crippen LogP contribution >= 0.6 is 0 Å². The van der Waals surface area contributed by atoms with Crippen LogP contribution in [0.5, 0.6) is 5.75 Å². The molecular weight excluding hydrogens is 444 g/mol. The zero-order valence-electron chi connectivity index (χ0n) is 19.2. The lowest BCUT2D eigenvalue weighted by molar-refractivity contribution is -0.136. The van der Waals surface area contributed by atoms with Crippen LogP contribution < -0.4 is 15.4 Å². The molecule has 3 atom stereocenters. The van der Waals surface area contributed by atoms with Gasteiger partial charge in [0.2, 0.25) is 17.7 Å². The standard InChI is InChI=1S/C25H31F2N3O4/c26-25(27)11-9-16(10-12-25)28-19-3-1-2-4-21(19)34-17-5-6-18-15(13-17)14-30(24(18)33)20-7-8-22(31)29-23(20)32/h5-6,13,16,19-21,28H,1-4,7-12,14H2,(H,29,31,32)/t19-,20?,21-/m0/s1. The Bertz CT molecular complexity index is 975. The Morgan fingerprint density at radius 1 is 1.03 bits per heavy atom. The predicted molar refractivity (Wildman–Crippen MR) is 119 cm³/mol. The first-order valence-corrected chi connectivity index (χ1v) is 12.4. The van der Waals surface area contributed by atoms with Crippen molar-refractivity contribution in [1.29, 1.82) is 0 Å². The van der Waals surface area contributed by atoms with Gasteiger partial charge in [-0.15, -0.1) is 0 Å². The summed E-state index contributed by atoms with van der Waals surface area (Å²) in [5.41, 5.74) is 1.36. The minimum atomic E-state index is -2.54. The van der Waals surface area contributed by atoms with Gasteiger partial charge in [-0.3, -0.25) is 19.7 Å². The predicted octanol–water partition coefficient (Wildman–Crippen LogP) is 3.31. The van der Waals surface area contributed by atoms with E-state index in [1.165, 1.54) is 4.90 Å². The molecule has 3 fully saturated rings. The molecule has 2 heterocycles. The van der Waals surface area contributed by atoms with Crippen molar-refractivity contribution in [2.75, 3.05) is 0 Å². The molecule has 9 heteroatoms. The Balaban J connectivity index is 1.24. The Kier molecular flexibility index (Phi) is 6.31. The van der Waals surface area contributed by atoms with Crippen molar-refractivity contribution in [2.45, 2.75) is 101 Å². The van der Waals surface area contributed by atoms with Gasteiger partial charge in [0.15, 0.2) is 0 Å². The van der Waals surface area contributed by atoms with Gasteiger partial charge in [-0.1, -0.05) is 6.42 Å². The van der Waals surface area contributed by atoms with Crippen LogP contribution in [0.25, 0.3) is 0 Å². The molecule has 7 nitrogen and oxygen atoms in total. The average molecular weight is 476 g/mol. The number of piperidine rings is 1. The van der Waals surface area contributed by atoms with Crippen LogP contribution in [0.1, 0.15) is 80.1 Å². The summed E-state index contributed by atoms with van der Waals surface area (Å²) in [6.07, 6.45) is 5.30. The van der Waals surface area contributed by atoms with Gasteiger partial charge < -0.3 is 15.0 Å². The van der Waals surface area contributed by atoms with Crippen LogP contribution in [-0.2, 0) is 16.1 Å². The zero-order chi connectivity index (χ0) is 23.9. The summed E-state index contributed by atoms with van der Waals surface area (Å²) in [5.74, 6) is -2.80. The van der Waals surface area contributed by atoms with E-state index in [0.29, 0.717) is 37.1 Å². The Labute approximate surface area is 197 Å². The Morgan fingerprint density at radius 2 is 1.79 bits per heavy atom. The molecule has 2 aliphatic carbocycles. The lowest BCUT2D eigenvalue weighted by atomic mass is 9.88. The van der Waals surface area contributed by atoms with E-state index < -0.39 is 17.9 Å². The van der Waals surface area contributed by atoms with Crippen LogP contribution in [0, 0.1) is 0 Å². The summed E-state index contributed by atoms with van der Waals surface area (Å²) in [7, 11) is 0. The first kappa shape index (κ1) is 23.2. The molecule has 5 rings (SSSR count). The van der Waals surface area contributed by atoms with E-state index in [0.717, 1.165) is 31.2 Å². The molecular formula is C25H31F2N3O4. The normalized spacial score (nSPS) is 29.6.